The lowest BCUT2D eigenvalue weighted by Gasteiger charge is -2.37. The third-order valence-corrected chi connectivity index (χ3v) is 6.67. The SMILES string of the molecule is Cc1ccc([C@H](c2nnnn2C(C)(C)C)[NH+]2CC[NH+](C3CCCC3)CC2)cc1. The molecule has 28 heavy (non-hydrogen) atoms. The molecule has 152 valence electrons. The Morgan fingerprint density at radius 2 is 1.64 bits per heavy atom. The number of aromatic nitrogens is 4. The van der Waals surface area contributed by atoms with Crippen molar-refractivity contribution in [3.63, 3.8) is 0 Å². The zero-order valence-corrected chi connectivity index (χ0v) is 17.9. The van der Waals surface area contributed by atoms with E-state index in [1.165, 1.54) is 63.0 Å². The highest BCUT2D eigenvalue weighted by atomic mass is 15.6. The van der Waals surface area contributed by atoms with E-state index in [2.05, 4.69) is 67.5 Å². The first kappa shape index (κ1) is 19.5. The van der Waals surface area contributed by atoms with Gasteiger partial charge in [0.25, 0.3) is 0 Å². The van der Waals surface area contributed by atoms with Gasteiger partial charge in [-0.3, -0.25) is 0 Å². The number of quaternary nitrogens is 2. The van der Waals surface area contributed by atoms with E-state index in [0.29, 0.717) is 0 Å². The highest BCUT2D eigenvalue weighted by Crippen LogP contribution is 2.22. The average Bonchev–Trinajstić information content (AvgIpc) is 3.36. The minimum Gasteiger partial charge on any atom is -0.323 e. The molecule has 0 unspecified atom stereocenters. The van der Waals surface area contributed by atoms with Gasteiger partial charge in [-0.2, -0.15) is 0 Å². The number of hydrogen-bond acceptors (Lipinski definition) is 3. The molecule has 6 heteroatoms. The normalized spacial score (nSPS) is 25.1. The van der Waals surface area contributed by atoms with Crippen molar-refractivity contribution in [1.29, 1.82) is 0 Å². The fraction of sp³-hybridized carbons (Fsp3) is 0.682. The molecule has 4 rings (SSSR count). The van der Waals surface area contributed by atoms with E-state index >= 15 is 0 Å². The largest absolute Gasteiger partial charge is 0.323 e. The summed E-state index contributed by atoms with van der Waals surface area (Å²) in [7, 11) is 0. The fourth-order valence-corrected chi connectivity index (χ4v) is 5.10. The number of hydrogen-bond donors (Lipinski definition) is 2. The van der Waals surface area contributed by atoms with Crippen molar-refractivity contribution in [1.82, 2.24) is 20.2 Å². The molecule has 0 radical (unpaired) electrons. The highest BCUT2D eigenvalue weighted by Gasteiger charge is 2.39. The number of piperazine rings is 1. The Morgan fingerprint density at radius 3 is 2.25 bits per heavy atom. The molecular weight excluding hydrogens is 348 g/mol. The molecule has 1 aromatic carbocycles. The van der Waals surface area contributed by atoms with E-state index in [4.69, 9.17) is 0 Å². The average molecular weight is 385 g/mol. The number of nitrogens with zero attached hydrogens (tertiary/aromatic N) is 4. The first-order valence-corrected chi connectivity index (χ1v) is 11.0. The summed E-state index contributed by atoms with van der Waals surface area (Å²) in [5, 5.41) is 13.0. The zero-order valence-electron chi connectivity index (χ0n) is 17.9. The Bertz CT molecular complexity index is 761. The summed E-state index contributed by atoms with van der Waals surface area (Å²) >= 11 is 0. The Morgan fingerprint density at radius 1 is 1.00 bits per heavy atom. The van der Waals surface area contributed by atoms with Crippen LogP contribution in [-0.2, 0) is 5.54 Å². The Balaban J connectivity index is 1.61. The van der Waals surface area contributed by atoms with E-state index in [0.717, 1.165) is 11.9 Å². The van der Waals surface area contributed by atoms with Gasteiger partial charge < -0.3 is 9.80 Å². The smallest absolute Gasteiger partial charge is 0.214 e. The molecule has 1 aliphatic carbocycles. The number of rotatable bonds is 4. The Kier molecular flexibility index (Phi) is 5.52. The third kappa shape index (κ3) is 3.98. The highest BCUT2D eigenvalue weighted by molar-refractivity contribution is 5.26. The van der Waals surface area contributed by atoms with Gasteiger partial charge in [0.1, 0.15) is 26.2 Å². The van der Waals surface area contributed by atoms with Crippen LogP contribution < -0.4 is 9.80 Å². The molecule has 2 N–H and O–H groups in total. The van der Waals surface area contributed by atoms with Gasteiger partial charge in [-0.25, -0.2) is 4.68 Å². The lowest BCUT2D eigenvalue weighted by molar-refractivity contribution is -1.03. The molecule has 1 saturated carbocycles. The van der Waals surface area contributed by atoms with E-state index in [1.807, 2.05) is 9.58 Å². The van der Waals surface area contributed by atoms with Crippen molar-refractivity contribution >= 4 is 0 Å². The van der Waals surface area contributed by atoms with Crippen LogP contribution in [0.3, 0.4) is 0 Å². The lowest BCUT2D eigenvalue weighted by atomic mass is 10.00. The summed E-state index contributed by atoms with van der Waals surface area (Å²) < 4.78 is 2.03. The van der Waals surface area contributed by atoms with Gasteiger partial charge >= 0.3 is 0 Å². The van der Waals surface area contributed by atoms with Crippen molar-refractivity contribution < 1.29 is 9.80 Å². The Hall–Kier alpha value is -1.79. The minimum absolute atomic E-state index is 0.127. The van der Waals surface area contributed by atoms with Gasteiger partial charge in [-0.1, -0.05) is 29.8 Å². The molecule has 1 aromatic heterocycles. The molecule has 0 spiro atoms. The molecule has 0 amide bonds. The fourth-order valence-electron chi connectivity index (χ4n) is 5.10. The van der Waals surface area contributed by atoms with Crippen LogP contribution in [-0.4, -0.2) is 52.4 Å². The van der Waals surface area contributed by atoms with Gasteiger partial charge in [0.05, 0.1) is 11.6 Å². The standard InChI is InChI=1S/C22H34N6/c1-17-9-11-18(12-10-17)20(21-23-24-25-28(21)22(2,3)4)27-15-13-26(14-16-27)19-7-5-6-8-19/h9-12,19-20H,5-8,13-16H2,1-4H3/p+2/t20-/m1/s1. The van der Waals surface area contributed by atoms with E-state index in [9.17, 15) is 0 Å². The van der Waals surface area contributed by atoms with Gasteiger partial charge in [0.2, 0.25) is 5.82 Å². The van der Waals surface area contributed by atoms with Crippen LogP contribution in [0.2, 0.25) is 0 Å². The molecule has 1 atom stereocenters. The Labute approximate surface area is 168 Å². The lowest BCUT2D eigenvalue weighted by Crippen LogP contribution is -3.29. The van der Waals surface area contributed by atoms with Crippen molar-refractivity contribution in [2.24, 2.45) is 0 Å². The summed E-state index contributed by atoms with van der Waals surface area (Å²) in [6.07, 6.45) is 5.71. The molecule has 2 fully saturated rings. The van der Waals surface area contributed by atoms with Crippen LogP contribution in [0, 0.1) is 6.92 Å². The topological polar surface area (TPSA) is 52.5 Å². The van der Waals surface area contributed by atoms with Crippen LogP contribution in [0.4, 0.5) is 0 Å². The summed E-state index contributed by atoms with van der Waals surface area (Å²) in [6.45, 7) is 13.6. The van der Waals surface area contributed by atoms with Gasteiger partial charge in [-0.05, 0) is 63.8 Å². The summed E-state index contributed by atoms with van der Waals surface area (Å²) in [5.74, 6) is 0.996. The zero-order chi connectivity index (χ0) is 19.7. The van der Waals surface area contributed by atoms with Crippen LogP contribution in [0.1, 0.15) is 69.4 Å². The van der Waals surface area contributed by atoms with Crippen LogP contribution in [0.25, 0.3) is 0 Å². The molecular formula is C22H36N6+2. The molecule has 1 aliphatic heterocycles. The number of benzene rings is 1. The molecule has 2 heterocycles. The van der Waals surface area contributed by atoms with Crippen molar-refractivity contribution in [2.75, 3.05) is 26.2 Å². The molecule has 1 saturated heterocycles. The number of aryl methyl sites for hydroxylation is 1. The summed E-state index contributed by atoms with van der Waals surface area (Å²) in [6, 6.07) is 10.1. The van der Waals surface area contributed by atoms with Crippen molar-refractivity contribution in [2.45, 2.75) is 71.0 Å². The van der Waals surface area contributed by atoms with Crippen molar-refractivity contribution in [3.05, 3.63) is 41.2 Å². The summed E-state index contributed by atoms with van der Waals surface area (Å²) in [5.41, 5.74) is 2.49. The second kappa shape index (κ2) is 7.91. The maximum atomic E-state index is 4.53. The van der Waals surface area contributed by atoms with Gasteiger partial charge in [0, 0.05) is 5.56 Å². The first-order valence-electron chi connectivity index (χ1n) is 11.0. The number of nitrogens with one attached hydrogen (secondary N) is 2. The monoisotopic (exact) mass is 384 g/mol. The van der Waals surface area contributed by atoms with E-state index < -0.39 is 0 Å². The molecule has 2 aliphatic rings. The third-order valence-electron chi connectivity index (χ3n) is 6.67. The van der Waals surface area contributed by atoms with Crippen molar-refractivity contribution in [3.8, 4) is 0 Å². The van der Waals surface area contributed by atoms with E-state index in [-0.39, 0.29) is 11.6 Å². The molecule has 0 bridgehead atoms. The predicted octanol–water partition coefficient (Wildman–Crippen LogP) is 0.552. The molecule has 6 nitrogen and oxygen atoms in total. The number of tetrazole rings is 1. The van der Waals surface area contributed by atoms with Gasteiger partial charge in [-0.15, -0.1) is 5.10 Å². The van der Waals surface area contributed by atoms with Crippen LogP contribution in [0.15, 0.2) is 24.3 Å². The van der Waals surface area contributed by atoms with Crippen LogP contribution in [0.5, 0.6) is 0 Å². The van der Waals surface area contributed by atoms with E-state index in [1.54, 1.807) is 4.90 Å². The first-order chi connectivity index (χ1) is 13.4. The second-order valence-corrected chi connectivity index (χ2v) is 9.76. The minimum atomic E-state index is -0.127. The maximum absolute atomic E-state index is 4.53. The van der Waals surface area contributed by atoms with Gasteiger partial charge in [0.15, 0.2) is 6.04 Å². The van der Waals surface area contributed by atoms with Crippen LogP contribution >= 0.6 is 0 Å². The molecule has 2 aromatic rings. The quantitative estimate of drug-likeness (QED) is 0.810. The predicted molar refractivity (Wildman–Crippen MR) is 109 cm³/mol. The second-order valence-electron chi connectivity index (χ2n) is 9.76. The maximum Gasteiger partial charge on any atom is 0.214 e. The summed E-state index contributed by atoms with van der Waals surface area (Å²) in [4.78, 5) is 3.44.